The summed E-state index contributed by atoms with van der Waals surface area (Å²) in [5, 5.41) is 25.8. The molecule has 14 nitrogen and oxygen atoms in total. The monoisotopic (exact) mass is 490 g/mol. The molecule has 2 aromatic rings. The largest absolute Gasteiger partial charge is 0.481 e. The van der Waals surface area contributed by atoms with Crippen LogP contribution in [0.3, 0.4) is 0 Å². The van der Waals surface area contributed by atoms with Crippen LogP contribution in [0.5, 0.6) is 0 Å². The van der Waals surface area contributed by atoms with Gasteiger partial charge in [0.25, 0.3) is 0 Å². The number of carboxylic acids is 2. The maximum Gasteiger partial charge on any atom is 0.326 e. The average molecular weight is 490 g/mol. The molecule has 0 fully saturated rings. The molecular formula is C21H26N6O8. The minimum absolute atomic E-state index is 0.130. The highest BCUT2D eigenvalue weighted by molar-refractivity contribution is 5.96. The number of carbonyl (C=O) groups is 6. The maximum absolute atomic E-state index is 13.0. The van der Waals surface area contributed by atoms with E-state index < -0.39 is 73.1 Å². The number of nitrogens with one attached hydrogen (secondary N) is 4. The number of hydrogen-bond acceptors (Lipinski definition) is 7. The summed E-state index contributed by atoms with van der Waals surface area (Å²) in [6, 6.07) is 2.47. The van der Waals surface area contributed by atoms with E-state index in [4.69, 9.17) is 16.6 Å². The molecule has 188 valence electrons. The van der Waals surface area contributed by atoms with Crippen molar-refractivity contribution in [2.45, 2.75) is 37.4 Å². The van der Waals surface area contributed by atoms with Crippen molar-refractivity contribution in [3.8, 4) is 0 Å². The lowest BCUT2D eigenvalue weighted by atomic mass is 10.0. The topological polar surface area (TPSA) is 247 Å². The molecule has 0 aliphatic heterocycles. The Morgan fingerprint density at radius 2 is 1.51 bits per heavy atom. The maximum atomic E-state index is 13.0. The van der Waals surface area contributed by atoms with Crippen LogP contribution in [-0.4, -0.2) is 75.4 Å². The van der Waals surface area contributed by atoms with Gasteiger partial charge in [-0.15, -0.1) is 0 Å². The van der Waals surface area contributed by atoms with Crippen LogP contribution in [0, 0.1) is 0 Å². The van der Waals surface area contributed by atoms with Crippen LogP contribution in [0.25, 0.3) is 10.9 Å². The van der Waals surface area contributed by atoms with Gasteiger partial charge in [-0.2, -0.15) is 0 Å². The normalized spacial score (nSPS) is 13.3. The predicted molar refractivity (Wildman–Crippen MR) is 121 cm³/mol. The number of aromatic amines is 1. The summed E-state index contributed by atoms with van der Waals surface area (Å²) in [5.41, 5.74) is 11.6. The molecule has 0 aliphatic rings. The Balaban J connectivity index is 2.33. The van der Waals surface area contributed by atoms with E-state index in [2.05, 4.69) is 20.9 Å². The van der Waals surface area contributed by atoms with Gasteiger partial charge in [0.1, 0.15) is 18.1 Å². The van der Waals surface area contributed by atoms with Crippen LogP contribution in [0.1, 0.15) is 18.4 Å². The third-order valence-corrected chi connectivity index (χ3v) is 4.97. The van der Waals surface area contributed by atoms with E-state index in [1.165, 1.54) is 0 Å². The zero-order chi connectivity index (χ0) is 26.1. The van der Waals surface area contributed by atoms with Crippen LogP contribution >= 0.6 is 0 Å². The first kappa shape index (κ1) is 26.8. The van der Waals surface area contributed by atoms with Gasteiger partial charge in [-0.25, -0.2) is 4.79 Å². The molecule has 0 saturated heterocycles. The highest BCUT2D eigenvalue weighted by Gasteiger charge is 2.31. The SMILES string of the molecule is NCC(=O)NC(CC(=O)O)C(=O)NC(Cc1c[nH]c2ccccc12)C(=O)NC(CC(N)=O)C(=O)O. The zero-order valence-corrected chi connectivity index (χ0v) is 18.4. The molecule has 14 heteroatoms. The fourth-order valence-corrected chi connectivity index (χ4v) is 3.31. The summed E-state index contributed by atoms with van der Waals surface area (Å²) in [5.74, 6) is -6.65. The van der Waals surface area contributed by atoms with Gasteiger partial charge in [0.05, 0.1) is 19.4 Å². The van der Waals surface area contributed by atoms with Crippen molar-refractivity contribution in [2.24, 2.45) is 11.5 Å². The van der Waals surface area contributed by atoms with Gasteiger partial charge in [0.2, 0.25) is 23.6 Å². The molecule has 1 aromatic heterocycles. The van der Waals surface area contributed by atoms with Crippen LogP contribution in [0.4, 0.5) is 0 Å². The smallest absolute Gasteiger partial charge is 0.326 e. The molecule has 0 aliphatic carbocycles. The standard InChI is InChI=1S/C21H26N6O8/c22-8-17(29)25-14(7-18(30)31)20(33)26-13(19(32)27-15(21(34)35)6-16(23)28)5-10-9-24-12-4-2-1-3-11(10)12/h1-4,9,13-15,24H,5-8,22H2,(H2,23,28)(H,25,29)(H,26,33)(H,27,32)(H,30,31)(H,34,35). The van der Waals surface area contributed by atoms with Crippen LogP contribution < -0.4 is 27.4 Å². The number of rotatable bonds is 13. The molecule has 0 radical (unpaired) electrons. The van der Waals surface area contributed by atoms with Crippen molar-refractivity contribution in [1.82, 2.24) is 20.9 Å². The van der Waals surface area contributed by atoms with Gasteiger partial charge in [0.15, 0.2) is 0 Å². The molecule has 35 heavy (non-hydrogen) atoms. The quantitative estimate of drug-likeness (QED) is 0.148. The number of amides is 4. The summed E-state index contributed by atoms with van der Waals surface area (Å²) < 4.78 is 0. The molecule has 0 spiro atoms. The Morgan fingerprint density at radius 3 is 2.11 bits per heavy atom. The van der Waals surface area contributed by atoms with Gasteiger partial charge in [0, 0.05) is 23.5 Å². The molecular weight excluding hydrogens is 464 g/mol. The third-order valence-electron chi connectivity index (χ3n) is 4.97. The van der Waals surface area contributed by atoms with Crippen LogP contribution in [0.15, 0.2) is 30.5 Å². The van der Waals surface area contributed by atoms with E-state index in [1.54, 1.807) is 30.5 Å². The third kappa shape index (κ3) is 7.82. The van der Waals surface area contributed by atoms with Gasteiger partial charge < -0.3 is 42.6 Å². The summed E-state index contributed by atoms with van der Waals surface area (Å²) in [6.45, 7) is -0.504. The summed E-state index contributed by atoms with van der Waals surface area (Å²) in [4.78, 5) is 74.3. The first-order chi connectivity index (χ1) is 16.5. The van der Waals surface area contributed by atoms with Crippen molar-refractivity contribution < 1.29 is 39.0 Å². The van der Waals surface area contributed by atoms with Gasteiger partial charge in [-0.1, -0.05) is 18.2 Å². The minimum atomic E-state index is -1.66. The lowest BCUT2D eigenvalue weighted by Crippen LogP contribution is -2.57. The second-order valence-electron chi connectivity index (χ2n) is 7.62. The number of para-hydroxylation sites is 1. The van der Waals surface area contributed by atoms with E-state index in [0.717, 1.165) is 10.9 Å². The number of carboxylic acid groups (broad SMARTS) is 2. The molecule has 4 amide bonds. The van der Waals surface area contributed by atoms with Crippen molar-refractivity contribution in [3.63, 3.8) is 0 Å². The van der Waals surface area contributed by atoms with Gasteiger partial charge in [-0.3, -0.25) is 24.0 Å². The first-order valence-corrected chi connectivity index (χ1v) is 10.4. The zero-order valence-electron chi connectivity index (χ0n) is 18.4. The number of carbonyl (C=O) groups excluding carboxylic acids is 4. The fourth-order valence-electron chi connectivity index (χ4n) is 3.31. The second-order valence-corrected chi connectivity index (χ2v) is 7.62. The Hall–Kier alpha value is -4.46. The number of benzene rings is 1. The molecule has 3 atom stereocenters. The lowest BCUT2D eigenvalue weighted by molar-refractivity contribution is -0.144. The number of hydrogen-bond donors (Lipinski definition) is 8. The van der Waals surface area contributed by atoms with Crippen LogP contribution in [0.2, 0.25) is 0 Å². The molecule has 0 bridgehead atoms. The summed E-state index contributed by atoms with van der Waals surface area (Å²) in [7, 11) is 0. The van der Waals surface area contributed by atoms with Crippen molar-refractivity contribution in [1.29, 1.82) is 0 Å². The number of aliphatic carboxylic acids is 2. The molecule has 3 unspecified atom stereocenters. The first-order valence-electron chi connectivity index (χ1n) is 10.4. The second kappa shape index (κ2) is 12.1. The van der Waals surface area contributed by atoms with Crippen LogP contribution in [-0.2, 0) is 35.2 Å². The van der Waals surface area contributed by atoms with Gasteiger partial charge >= 0.3 is 11.9 Å². The Morgan fingerprint density at radius 1 is 0.886 bits per heavy atom. The molecule has 10 N–H and O–H groups in total. The molecule has 1 aromatic carbocycles. The van der Waals surface area contributed by atoms with E-state index in [0.29, 0.717) is 5.56 Å². The van der Waals surface area contributed by atoms with Crippen molar-refractivity contribution in [3.05, 3.63) is 36.0 Å². The van der Waals surface area contributed by atoms with E-state index >= 15 is 0 Å². The molecule has 1 heterocycles. The number of nitrogens with two attached hydrogens (primary N) is 2. The van der Waals surface area contributed by atoms with E-state index in [1.807, 2.05) is 0 Å². The summed E-state index contributed by atoms with van der Waals surface area (Å²) >= 11 is 0. The highest BCUT2D eigenvalue weighted by Crippen LogP contribution is 2.19. The Bertz CT molecular complexity index is 1130. The fraction of sp³-hybridized carbons (Fsp3) is 0.333. The Kier molecular flexibility index (Phi) is 9.28. The number of primary amides is 1. The van der Waals surface area contributed by atoms with E-state index in [9.17, 15) is 33.9 Å². The number of aromatic nitrogens is 1. The number of fused-ring (bicyclic) bond motifs is 1. The Labute approximate surface area is 198 Å². The van der Waals surface area contributed by atoms with Gasteiger partial charge in [-0.05, 0) is 11.6 Å². The van der Waals surface area contributed by atoms with Crippen molar-refractivity contribution >= 4 is 46.5 Å². The number of H-pyrrole nitrogens is 1. The average Bonchev–Trinajstić information content (AvgIpc) is 3.19. The lowest BCUT2D eigenvalue weighted by Gasteiger charge is -2.23. The molecule has 2 rings (SSSR count). The molecule has 0 saturated carbocycles. The highest BCUT2D eigenvalue weighted by atomic mass is 16.4. The van der Waals surface area contributed by atoms with Crippen molar-refractivity contribution in [2.75, 3.05) is 6.54 Å². The minimum Gasteiger partial charge on any atom is -0.481 e. The summed E-state index contributed by atoms with van der Waals surface area (Å²) in [6.07, 6.45) is -0.0172. The van der Waals surface area contributed by atoms with E-state index in [-0.39, 0.29) is 6.42 Å². The predicted octanol–water partition coefficient (Wildman–Crippen LogP) is -2.44.